The van der Waals surface area contributed by atoms with E-state index in [9.17, 15) is 9.59 Å². The number of amides is 2. The Hall–Kier alpha value is -1.62. The fourth-order valence-electron chi connectivity index (χ4n) is 0.251. The third kappa shape index (κ3) is 4.24. The first-order valence-corrected chi connectivity index (χ1v) is 3.12. The molecule has 0 aromatic heterocycles. The summed E-state index contributed by atoms with van der Waals surface area (Å²) in [6.45, 7) is 8.03. The largest absolute Gasteiger partial charge is 0.271 e. The molecular formula is C7H10N2O3. The van der Waals surface area contributed by atoms with Crippen LogP contribution in [-0.2, 0) is 14.5 Å². The maximum absolute atomic E-state index is 10.7. The number of nitrogens with one attached hydrogen (secondary N) is 2. The van der Waals surface area contributed by atoms with Gasteiger partial charge in [0.15, 0.2) is 0 Å². The number of rotatable bonds is 4. The average molecular weight is 170 g/mol. The topological polar surface area (TPSA) is 67.4 Å². The van der Waals surface area contributed by atoms with Crippen LogP contribution in [0.25, 0.3) is 0 Å². The van der Waals surface area contributed by atoms with E-state index < -0.39 is 11.8 Å². The summed E-state index contributed by atoms with van der Waals surface area (Å²) in [4.78, 5) is 25.4. The van der Waals surface area contributed by atoms with Crippen LogP contribution >= 0.6 is 0 Å². The lowest BCUT2D eigenvalue weighted by Gasteiger charge is -2.03. The zero-order chi connectivity index (χ0) is 9.56. The molecule has 5 nitrogen and oxygen atoms in total. The van der Waals surface area contributed by atoms with Crippen LogP contribution < -0.4 is 11.0 Å². The zero-order valence-electron chi connectivity index (χ0n) is 6.72. The van der Waals surface area contributed by atoms with Gasteiger partial charge < -0.3 is 0 Å². The molecule has 2 N–H and O–H groups in total. The molecule has 2 amide bonds. The molecule has 12 heavy (non-hydrogen) atoms. The van der Waals surface area contributed by atoms with Crippen molar-refractivity contribution in [3.05, 3.63) is 24.8 Å². The first kappa shape index (κ1) is 10.4. The van der Waals surface area contributed by atoms with Gasteiger partial charge in [0, 0.05) is 5.57 Å². The molecule has 0 rings (SSSR count). The van der Waals surface area contributed by atoms with E-state index in [-0.39, 0.29) is 5.57 Å². The van der Waals surface area contributed by atoms with Crippen LogP contribution in [0.2, 0.25) is 0 Å². The Labute approximate surface area is 70.0 Å². The van der Waals surface area contributed by atoms with Crippen LogP contribution in [0.5, 0.6) is 0 Å². The Bertz CT molecular complexity index is 223. The average Bonchev–Trinajstić information content (AvgIpc) is 2.03. The number of carbonyl (C=O) groups is 2. The van der Waals surface area contributed by atoms with Gasteiger partial charge in [-0.25, -0.2) is 11.0 Å². The Morgan fingerprint density at radius 1 is 1.42 bits per heavy atom. The number of carbonyl (C=O) groups excluding carboxylic acids is 2. The SMILES string of the molecule is C=CC(=O)NONC(=O)C(=C)C. The van der Waals surface area contributed by atoms with Gasteiger partial charge in [-0.1, -0.05) is 13.2 Å². The van der Waals surface area contributed by atoms with E-state index in [1.54, 1.807) is 0 Å². The molecule has 0 aliphatic carbocycles. The van der Waals surface area contributed by atoms with E-state index in [1.807, 2.05) is 11.0 Å². The van der Waals surface area contributed by atoms with Crippen LogP contribution in [0.4, 0.5) is 0 Å². The summed E-state index contributed by atoms with van der Waals surface area (Å²) in [7, 11) is 0. The summed E-state index contributed by atoms with van der Waals surface area (Å²) in [5.74, 6) is -1.05. The Morgan fingerprint density at radius 2 is 2.00 bits per heavy atom. The van der Waals surface area contributed by atoms with Crippen LogP contribution in [0.3, 0.4) is 0 Å². The van der Waals surface area contributed by atoms with Crippen molar-refractivity contribution in [3.8, 4) is 0 Å². The van der Waals surface area contributed by atoms with Crippen molar-refractivity contribution in [2.24, 2.45) is 0 Å². The maximum atomic E-state index is 10.7. The highest BCUT2D eigenvalue weighted by atomic mass is 16.8. The molecule has 0 fully saturated rings. The van der Waals surface area contributed by atoms with Gasteiger partial charge >= 0.3 is 0 Å². The van der Waals surface area contributed by atoms with E-state index in [1.165, 1.54) is 6.92 Å². The molecule has 0 radical (unpaired) electrons. The lowest BCUT2D eigenvalue weighted by atomic mass is 10.3. The second kappa shape index (κ2) is 5.09. The van der Waals surface area contributed by atoms with Crippen molar-refractivity contribution in [2.45, 2.75) is 6.92 Å². The van der Waals surface area contributed by atoms with Gasteiger partial charge in [0.2, 0.25) is 0 Å². The minimum atomic E-state index is -0.544. The van der Waals surface area contributed by atoms with Crippen LogP contribution in [-0.4, -0.2) is 11.8 Å². The molecule has 0 aromatic rings. The van der Waals surface area contributed by atoms with Gasteiger partial charge in [-0.05, 0) is 13.0 Å². The predicted molar refractivity (Wildman–Crippen MR) is 42.4 cm³/mol. The van der Waals surface area contributed by atoms with Crippen LogP contribution in [0.15, 0.2) is 24.8 Å². The molecule has 0 spiro atoms. The monoisotopic (exact) mass is 170 g/mol. The van der Waals surface area contributed by atoms with Crippen LogP contribution in [0.1, 0.15) is 6.92 Å². The standard InChI is InChI=1S/C7H10N2O3/c1-4-6(10)8-12-9-7(11)5(2)3/h4H,1-2H2,3H3,(H,8,10)(H,9,11). The summed E-state index contributed by atoms with van der Waals surface area (Å²) in [6.07, 6.45) is 1.01. The second-order valence-corrected chi connectivity index (χ2v) is 1.98. The minimum Gasteiger partial charge on any atom is -0.268 e. The normalized spacial score (nSPS) is 8.42. The predicted octanol–water partition coefficient (Wildman–Crippen LogP) is -0.173. The quantitative estimate of drug-likeness (QED) is 0.454. The van der Waals surface area contributed by atoms with Crippen molar-refractivity contribution in [2.75, 3.05) is 0 Å². The van der Waals surface area contributed by atoms with Crippen molar-refractivity contribution in [3.63, 3.8) is 0 Å². The molecule has 0 atom stereocenters. The summed E-state index contributed by atoms with van der Waals surface area (Å²) >= 11 is 0. The fourth-order valence-corrected chi connectivity index (χ4v) is 0.251. The van der Waals surface area contributed by atoms with Crippen LogP contribution in [0, 0.1) is 0 Å². The van der Waals surface area contributed by atoms with Crippen molar-refractivity contribution >= 4 is 11.8 Å². The lowest BCUT2D eigenvalue weighted by molar-refractivity contribution is -0.146. The van der Waals surface area contributed by atoms with E-state index >= 15 is 0 Å². The Balaban J connectivity index is 3.57. The summed E-state index contributed by atoms with van der Waals surface area (Å²) in [5.41, 5.74) is 4.10. The summed E-state index contributed by atoms with van der Waals surface area (Å²) < 4.78 is 0. The molecule has 0 aliphatic rings. The molecular weight excluding hydrogens is 160 g/mol. The molecule has 0 saturated heterocycles. The molecule has 5 heteroatoms. The third-order valence-electron chi connectivity index (χ3n) is 0.868. The second-order valence-electron chi connectivity index (χ2n) is 1.98. The number of hydrogen-bond donors (Lipinski definition) is 2. The molecule has 0 aliphatic heterocycles. The highest BCUT2D eigenvalue weighted by Gasteiger charge is 2.00. The lowest BCUT2D eigenvalue weighted by Crippen LogP contribution is -2.34. The Kier molecular flexibility index (Phi) is 4.40. The number of hydrogen-bond acceptors (Lipinski definition) is 3. The summed E-state index contributed by atoms with van der Waals surface area (Å²) in [5, 5.41) is 0. The highest BCUT2D eigenvalue weighted by molar-refractivity contribution is 5.91. The fraction of sp³-hybridized carbons (Fsp3) is 0.143. The van der Waals surface area contributed by atoms with Gasteiger partial charge in [0.1, 0.15) is 0 Å². The van der Waals surface area contributed by atoms with Gasteiger partial charge in [0.25, 0.3) is 11.8 Å². The van der Waals surface area contributed by atoms with Gasteiger partial charge in [-0.3, -0.25) is 9.59 Å². The zero-order valence-corrected chi connectivity index (χ0v) is 6.72. The first-order chi connectivity index (χ1) is 5.57. The minimum absolute atomic E-state index is 0.280. The van der Waals surface area contributed by atoms with E-state index in [4.69, 9.17) is 0 Å². The van der Waals surface area contributed by atoms with Gasteiger partial charge in [-0.2, -0.15) is 4.94 Å². The molecule has 0 unspecified atom stereocenters. The van der Waals surface area contributed by atoms with Crippen molar-refractivity contribution in [1.29, 1.82) is 0 Å². The third-order valence-corrected chi connectivity index (χ3v) is 0.868. The summed E-state index contributed by atoms with van der Waals surface area (Å²) in [6, 6.07) is 0. The van der Waals surface area contributed by atoms with Gasteiger partial charge in [0.05, 0.1) is 0 Å². The van der Waals surface area contributed by atoms with Crippen molar-refractivity contribution in [1.82, 2.24) is 11.0 Å². The smallest absolute Gasteiger partial charge is 0.268 e. The molecule has 0 bridgehead atoms. The van der Waals surface area contributed by atoms with Crippen molar-refractivity contribution < 1.29 is 14.5 Å². The Morgan fingerprint density at radius 3 is 2.42 bits per heavy atom. The number of hydroxylamine groups is 2. The van der Waals surface area contributed by atoms with E-state index in [0.29, 0.717) is 0 Å². The van der Waals surface area contributed by atoms with E-state index in [2.05, 4.69) is 18.1 Å². The highest BCUT2D eigenvalue weighted by Crippen LogP contribution is 1.83. The molecule has 0 heterocycles. The molecule has 0 aromatic carbocycles. The van der Waals surface area contributed by atoms with E-state index in [0.717, 1.165) is 6.08 Å². The molecule has 0 saturated carbocycles. The maximum Gasteiger partial charge on any atom is 0.271 e. The van der Waals surface area contributed by atoms with Gasteiger partial charge in [-0.15, -0.1) is 0 Å². The molecule has 66 valence electrons. The first-order valence-electron chi connectivity index (χ1n) is 3.12.